The van der Waals surface area contributed by atoms with E-state index in [1.54, 1.807) is 12.1 Å². The number of nitrogens with one attached hydrogen (secondary N) is 2. The fourth-order valence-electron chi connectivity index (χ4n) is 8.35. The van der Waals surface area contributed by atoms with Crippen LogP contribution in [0.4, 0.5) is 11.4 Å². The molecule has 10 nitrogen and oxygen atoms in total. The number of para-hydroxylation sites is 2. The summed E-state index contributed by atoms with van der Waals surface area (Å²) < 4.78 is 13.5. The number of unbranched alkanes of at least 4 members (excludes halogenated alkanes) is 1. The number of nitrogens with zero attached hydrogens (tertiary/aromatic N) is 2. The van der Waals surface area contributed by atoms with Gasteiger partial charge in [-0.2, -0.15) is 0 Å². The van der Waals surface area contributed by atoms with Crippen molar-refractivity contribution in [1.29, 1.82) is 0 Å². The van der Waals surface area contributed by atoms with E-state index in [1.807, 2.05) is 42.5 Å². The Morgan fingerprint density at radius 3 is 2.25 bits per heavy atom. The van der Waals surface area contributed by atoms with Crippen LogP contribution in [0.25, 0.3) is 11.1 Å². The minimum absolute atomic E-state index is 0.0172. The van der Waals surface area contributed by atoms with Crippen molar-refractivity contribution in [3.63, 3.8) is 0 Å². The highest BCUT2D eigenvalue weighted by atomic mass is 16.7. The molecule has 56 heavy (non-hydrogen) atoms. The van der Waals surface area contributed by atoms with Crippen LogP contribution in [0.2, 0.25) is 0 Å². The molecule has 0 radical (unpaired) electrons. The van der Waals surface area contributed by atoms with Crippen LogP contribution in [-0.2, 0) is 32.2 Å². The first-order chi connectivity index (χ1) is 27.4. The van der Waals surface area contributed by atoms with E-state index in [1.165, 1.54) is 38.8 Å². The van der Waals surface area contributed by atoms with E-state index in [0.29, 0.717) is 49.6 Å². The summed E-state index contributed by atoms with van der Waals surface area (Å²) in [6, 6.07) is 32.4. The fourth-order valence-corrected chi connectivity index (χ4v) is 8.35. The van der Waals surface area contributed by atoms with Gasteiger partial charge in [0.25, 0.3) is 0 Å². The zero-order valence-electron chi connectivity index (χ0n) is 32.4. The van der Waals surface area contributed by atoms with Gasteiger partial charge in [0.2, 0.25) is 11.8 Å². The number of nitrogen functional groups attached to an aromatic ring is 1. The summed E-state index contributed by atoms with van der Waals surface area (Å²) in [6.45, 7) is 6.01. The van der Waals surface area contributed by atoms with Crippen molar-refractivity contribution in [2.24, 2.45) is 0 Å². The van der Waals surface area contributed by atoms with Crippen molar-refractivity contribution >= 4 is 23.2 Å². The number of anilines is 2. The van der Waals surface area contributed by atoms with Crippen molar-refractivity contribution in [3.05, 3.63) is 119 Å². The average molecular weight is 760 g/mol. The molecule has 0 saturated carbocycles. The van der Waals surface area contributed by atoms with Crippen LogP contribution in [0.5, 0.6) is 0 Å². The van der Waals surface area contributed by atoms with Crippen molar-refractivity contribution in [2.45, 2.75) is 95.5 Å². The summed E-state index contributed by atoms with van der Waals surface area (Å²) in [4.78, 5) is 30.4. The molecule has 7 rings (SSSR count). The second kappa shape index (κ2) is 19.5. The smallest absolute Gasteiger partial charge is 0.224 e. The molecule has 3 saturated heterocycles. The van der Waals surface area contributed by atoms with Gasteiger partial charge in [0.05, 0.1) is 30.2 Å². The molecule has 5 N–H and O–H groups in total. The van der Waals surface area contributed by atoms with Crippen LogP contribution >= 0.6 is 0 Å². The molecule has 4 aromatic rings. The molecule has 3 fully saturated rings. The molecule has 0 bridgehead atoms. The van der Waals surface area contributed by atoms with E-state index in [2.05, 4.69) is 62.9 Å². The minimum Gasteiger partial charge on any atom is -0.397 e. The third kappa shape index (κ3) is 10.6. The van der Waals surface area contributed by atoms with E-state index in [4.69, 9.17) is 15.2 Å². The molecule has 2 amide bonds. The van der Waals surface area contributed by atoms with Crippen LogP contribution in [-0.4, -0.2) is 71.6 Å². The number of hydrogen-bond acceptors (Lipinski definition) is 8. The number of carbonyl (C=O) groups is 2. The Kier molecular flexibility index (Phi) is 13.8. The molecule has 0 unspecified atom stereocenters. The van der Waals surface area contributed by atoms with E-state index >= 15 is 0 Å². The second-order valence-corrected chi connectivity index (χ2v) is 15.5. The molecule has 4 aromatic carbocycles. The van der Waals surface area contributed by atoms with Crippen LogP contribution in [0.15, 0.2) is 97.1 Å². The third-order valence-corrected chi connectivity index (χ3v) is 11.5. The molecule has 3 heterocycles. The first-order valence-corrected chi connectivity index (χ1v) is 20.5. The zero-order valence-corrected chi connectivity index (χ0v) is 32.4. The number of amides is 2. The summed E-state index contributed by atoms with van der Waals surface area (Å²) in [7, 11) is 0. The maximum atomic E-state index is 12.8. The molecule has 0 aromatic heterocycles. The van der Waals surface area contributed by atoms with E-state index in [-0.39, 0.29) is 30.6 Å². The molecule has 10 heteroatoms. The molecule has 296 valence electrons. The number of aliphatic hydroxyl groups excluding tert-OH is 1. The summed E-state index contributed by atoms with van der Waals surface area (Å²) >= 11 is 0. The average Bonchev–Trinajstić information content (AvgIpc) is 3.92. The SMILES string of the molecule is Nc1ccccc1NC(=O)CCCCC(=O)NCc1ccccc1-c1ccc([C@@H]2O[C@H](CN3CCC[C@H]3CN3CCCC3)C[C@H](c3ccc(CO)cc3)O2)cc1. The quantitative estimate of drug-likeness (QED) is 0.0690. The van der Waals surface area contributed by atoms with Crippen LogP contribution in [0.3, 0.4) is 0 Å². The minimum atomic E-state index is -0.512. The standard InChI is InChI=1S/C46H57N5O5/c47-41-13-3-4-14-42(41)49-45(54)16-6-5-15-44(53)48-29-37-10-1-2-12-40(37)34-21-23-36(24-22-34)46-55-39(28-43(56-46)35-19-17-33(32-52)18-20-35)31-51-27-9-11-38(51)30-50-25-7-8-26-50/h1-4,10,12-14,17-24,38-39,43,46,52H,5-9,11,15-16,25-32,47H2,(H,48,53)(H,49,54)/t38-,39-,43+,46+/m0/s1. The largest absolute Gasteiger partial charge is 0.397 e. The van der Waals surface area contributed by atoms with Gasteiger partial charge in [-0.1, -0.05) is 84.9 Å². The van der Waals surface area contributed by atoms with E-state index in [9.17, 15) is 14.7 Å². The van der Waals surface area contributed by atoms with Crippen molar-refractivity contribution in [1.82, 2.24) is 15.1 Å². The lowest BCUT2D eigenvalue weighted by Gasteiger charge is -2.39. The predicted molar refractivity (Wildman–Crippen MR) is 220 cm³/mol. The number of rotatable bonds is 16. The van der Waals surface area contributed by atoms with Crippen LogP contribution in [0.1, 0.15) is 92.4 Å². The number of benzene rings is 4. The number of ether oxygens (including phenoxy) is 2. The number of aliphatic hydroxyl groups is 1. The monoisotopic (exact) mass is 759 g/mol. The highest BCUT2D eigenvalue weighted by molar-refractivity contribution is 5.93. The lowest BCUT2D eigenvalue weighted by atomic mass is 9.97. The van der Waals surface area contributed by atoms with Gasteiger partial charge in [-0.15, -0.1) is 0 Å². The summed E-state index contributed by atoms with van der Waals surface area (Å²) in [5.41, 5.74) is 13.1. The van der Waals surface area contributed by atoms with E-state index in [0.717, 1.165) is 59.4 Å². The Balaban J connectivity index is 0.957. The van der Waals surface area contributed by atoms with Crippen LogP contribution < -0.4 is 16.4 Å². The summed E-state index contributed by atoms with van der Waals surface area (Å²) in [6.07, 6.45) is 7.16. The molecule has 3 aliphatic rings. The Hall–Kier alpha value is -4.58. The number of hydrogen-bond donors (Lipinski definition) is 4. The van der Waals surface area contributed by atoms with E-state index < -0.39 is 6.29 Å². The Bertz CT molecular complexity index is 1880. The van der Waals surface area contributed by atoms with Gasteiger partial charge in [-0.3, -0.25) is 14.5 Å². The normalized spacial score (nSPS) is 21.6. The van der Waals surface area contributed by atoms with Crippen molar-refractivity contribution < 1.29 is 24.2 Å². The van der Waals surface area contributed by atoms with Gasteiger partial charge < -0.3 is 35.8 Å². The molecular weight excluding hydrogens is 703 g/mol. The van der Waals surface area contributed by atoms with Crippen LogP contribution in [0, 0.1) is 0 Å². The van der Waals surface area contributed by atoms with Gasteiger partial charge in [-0.25, -0.2) is 0 Å². The predicted octanol–water partition coefficient (Wildman–Crippen LogP) is 7.35. The Morgan fingerprint density at radius 1 is 0.768 bits per heavy atom. The lowest BCUT2D eigenvalue weighted by molar-refractivity contribution is -0.253. The molecule has 0 spiro atoms. The zero-order chi connectivity index (χ0) is 38.7. The van der Waals surface area contributed by atoms with Gasteiger partial charge in [-0.05, 0) is 98.1 Å². The summed E-state index contributed by atoms with van der Waals surface area (Å²) in [5.74, 6) is -0.151. The number of likely N-dealkylation sites (tertiary alicyclic amines) is 2. The topological polar surface area (TPSA) is 129 Å². The molecule has 3 aliphatic heterocycles. The van der Waals surface area contributed by atoms with Crippen molar-refractivity contribution in [2.75, 3.05) is 43.8 Å². The Labute approximate surface area is 331 Å². The van der Waals surface area contributed by atoms with Gasteiger partial charge in [0.1, 0.15) is 0 Å². The number of carbonyl (C=O) groups excluding carboxylic acids is 2. The summed E-state index contributed by atoms with van der Waals surface area (Å²) in [5, 5.41) is 15.6. The van der Waals surface area contributed by atoms with Gasteiger partial charge in [0.15, 0.2) is 6.29 Å². The molecule has 0 aliphatic carbocycles. The fraction of sp³-hybridized carbons (Fsp3) is 0.435. The molecular formula is C46H57N5O5. The highest BCUT2D eigenvalue weighted by Gasteiger charge is 2.36. The number of nitrogens with two attached hydrogens (primary N) is 1. The van der Waals surface area contributed by atoms with Crippen molar-refractivity contribution in [3.8, 4) is 11.1 Å². The van der Waals surface area contributed by atoms with Gasteiger partial charge >= 0.3 is 0 Å². The lowest BCUT2D eigenvalue weighted by Crippen LogP contribution is -2.45. The third-order valence-electron chi connectivity index (χ3n) is 11.5. The van der Waals surface area contributed by atoms with Gasteiger partial charge in [0, 0.05) is 50.5 Å². The first kappa shape index (κ1) is 39.6. The molecule has 4 atom stereocenters. The first-order valence-electron chi connectivity index (χ1n) is 20.5. The second-order valence-electron chi connectivity index (χ2n) is 15.5. The highest BCUT2D eigenvalue weighted by Crippen LogP contribution is 2.39. The Morgan fingerprint density at radius 2 is 1.48 bits per heavy atom. The maximum absolute atomic E-state index is 12.8. The maximum Gasteiger partial charge on any atom is 0.224 e.